The lowest BCUT2D eigenvalue weighted by Crippen LogP contribution is -2.40. The summed E-state index contributed by atoms with van der Waals surface area (Å²) in [6.45, 7) is 6.03. The van der Waals surface area contributed by atoms with Gasteiger partial charge in [-0.2, -0.15) is 5.10 Å². The molecular formula is C14H21BrN4O2. The minimum atomic E-state index is -0.373. The van der Waals surface area contributed by atoms with Gasteiger partial charge in [-0.1, -0.05) is 6.92 Å². The molecular weight excluding hydrogens is 336 g/mol. The first-order valence-electron chi connectivity index (χ1n) is 7.35. The SMILES string of the molecule is CCCn1ncc(NC(C)C(=O)N2CCCC2)c(Br)c1=O. The molecule has 1 N–H and O–H groups in total. The molecule has 1 aliphatic heterocycles. The number of amides is 1. The molecule has 0 radical (unpaired) electrons. The van der Waals surface area contributed by atoms with Crippen molar-refractivity contribution >= 4 is 27.5 Å². The van der Waals surface area contributed by atoms with Crippen molar-refractivity contribution in [2.24, 2.45) is 0 Å². The number of likely N-dealkylation sites (tertiary alicyclic amines) is 1. The summed E-state index contributed by atoms with van der Waals surface area (Å²) < 4.78 is 1.84. The molecule has 1 amide bonds. The van der Waals surface area contributed by atoms with E-state index in [0.29, 0.717) is 16.7 Å². The largest absolute Gasteiger partial charge is 0.372 e. The number of rotatable bonds is 5. The number of aromatic nitrogens is 2. The quantitative estimate of drug-likeness (QED) is 0.873. The fourth-order valence-electron chi connectivity index (χ4n) is 2.44. The number of carbonyl (C=O) groups is 1. The Morgan fingerprint density at radius 3 is 2.76 bits per heavy atom. The average molecular weight is 357 g/mol. The van der Waals surface area contributed by atoms with E-state index in [1.165, 1.54) is 4.68 Å². The van der Waals surface area contributed by atoms with Gasteiger partial charge in [0.1, 0.15) is 10.5 Å². The molecule has 1 saturated heterocycles. The van der Waals surface area contributed by atoms with Crippen LogP contribution in [-0.4, -0.2) is 39.7 Å². The predicted molar refractivity (Wildman–Crippen MR) is 85.4 cm³/mol. The van der Waals surface area contributed by atoms with Crippen LogP contribution in [0.3, 0.4) is 0 Å². The van der Waals surface area contributed by atoms with Crippen LogP contribution in [0.25, 0.3) is 0 Å². The molecule has 0 spiro atoms. The molecule has 1 aliphatic rings. The van der Waals surface area contributed by atoms with Gasteiger partial charge in [0.25, 0.3) is 5.56 Å². The second kappa shape index (κ2) is 7.06. The van der Waals surface area contributed by atoms with Crippen molar-refractivity contribution in [2.75, 3.05) is 18.4 Å². The van der Waals surface area contributed by atoms with E-state index in [2.05, 4.69) is 26.3 Å². The van der Waals surface area contributed by atoms with Crippen LogP contribution < -0.4 is 10.9 Å². The van der Waals surface area contributed by atoms with E-state index in [9.17, 15) is 9.59 Å². The fourth-order valence-corrected chi connectivity index (χ4v) is 2.86. The van der Waals surface area contributed by atoms with Crippen molar-refractivity contribution in [1.29, 1.82) is 0 Å². The summed E-state index contributed by atoms with van der Waals surface area (Å²) in [6, 6.07) is -0.373. The van der Waals surface area contributed by atoms with E-state index < -0.39 is 0 Å². The minimum Gasteiger partial charge on any atom is -0.372 e. The normalized spacial score (nSPS) is 16.0. The smallest absolute Gasteiger partial charge is 0.283 e. The van der Waals surface area contributed by atoms with Gasteiger partial charge in [-0.25, -0.2) is 4.68 Å². The van der Waals surface area contributed by atoms with Crippen molar-refractivity contribution in [3.05, 3.63) is 21.0 Å². The van der Waals surface area contributed by atoms with Crippen LogP contribution in [0.15, 0.2) is 15.5 Å². The molecule has 1 aromatic rings. The van der Waals surface area contributed by atoms with Gasteiger partial charge in [0.05, 0.1) is 11.9 Å². The lowest BCUT2D eigenvalue weighted by atomic mass is 10.2. The van der Waals surface area contributed by atoms with Gasteiger partial charge in [0.15, 0.2) is 0 Å². The number of hydrogen-bond acceptors (Lipinski definition) is 4. The van der Waals surface area contributed by atoms with Crippen LogP contribution in [-0.2, 0) is 11.3 Å². The second-order valence-corrected chi connectivity index (χ2v) is 6.09. The van der Waals surface area contributed by atoms with E-state index in [4.69, 9.17) is 0 Å². The highest BCUT2D eigenvalue weighted by atomic mass is 79.9. The molecule has 0 aliphatic carbocycles. The number of anilines is 1. The molecule has 1 aromatic heterocycles. The first kappa shape index (κ1) is 16.0. The van der Waals surface area contributed by atoms with Crippen molar-refractivity contribution in [3.63, 3.8) is 0 Å². The molecule has 1 fully saturated rings. The van der Waals surface area contributed by atoms with E-state index >= 15 is 0 Å². The van der Waals surface area contributed by atoms with Gasteiger partial charge in [-0.05, 0) is 42.1 Å². The third kappa shape index (κ3) is 3.64. The number of nitrogens with zero attached hydrogens (tertiary/aromatic N) is 3. The zero-order chi connectivity index (χ0) is 15.4. The Labute approximate surface area is 132 Å². The molecule has 2 heterocycles. The molecule has 0 aromatic carbocycles. The van der Waals surface area contributed by atoms with Gasteiger partial charge < -0.3 is 10.2 Å². The summed E-state index contributed by atoms with van der Waals surface area (Å²) in [4.78, 5) is 26.2. The standard InChI is InChI=1S/C14H21BrN4O2/c1-3-6-19-14(21)12(15)11(9-16-19)17-10(2)13(20)18-7-4-5-8-18/h9-10,17H,3-8H2,1-2H3. The monoisotopic (exact) mass is 356 g/mol. The Balaban J connectivity index is 2.10. The number of hydrogen-bond donors (Lipinski definition) is 1. The molecule has 0 saturated carbocycles. The predicted octanol–water partition coefficient (Wildman–Crippen LogP) is 1.84. The minimum absolute atomic E-state index is 0.0668. The van der Waals surface area contributed by atoms with Crippen molar-refractivity contribution in [3.8, 4) is 0 Å². The van der Waals surface area contributed by atoms with Crippen molar-refractivity contribution in [2.45, 2.75) is 45.7 Å². The average Bonchev–Trinajstić information content (AvgIpc) is 3.00. The third-order valence-corrected chi connectivity index (χ3v) is 4.35. The topological polar surface area (TPSA) is 67.2 Å². The molecule has 0 bridgehead atoms. The molecule has 2 rings (SSSR count). The van der Waals surface area contributed by atoms with Crippen LogP contribution in [0.5, 0.6) is 0 Å². The van der Waals surface area contributed by atoms with Gasteiger partial charge in [-0.3, -0.25) is 9.59 Å². The summed E-state index contributed by atoms with van der Waals surface area (Å²) in [5.41, 5.74) is 0.384. The van der Waals surface area contributed by atoms with Crippen molar-refractivity contribution in [1.82, 2.24) is 14.7 Å². The van der Waals surface area contributed by atoms with Gasteiger partial charge in [0.2, 0.25) is 5.91 Å². The van der Waals surface area contributed by atoms with E-state index in [1.54, 1.807) is 6.20 Å². The molecule has 1 unspecified atom stereocenters. The van der Waals surface area contributed by atoms with E-state index in [0.717, 1.165) is 32.4 Å². The van der Waals surface area contributed by atoms with Crippen molar-refractivity contribution < 1.29 is 4.79 Å². The Kier molecular flexibility index (Phi) is 5.39. The summed E-state index contributed by atoms with van der Waals surface area (Å²) in [7, 11) is 0. The maximum atomic E-state index is 12.3. The number of aryl methyl sites for hydroxylation is 1. The van der Waals surface area contributed by atoms with E-state index in [-0.39, 0.29) is 17.5 Å². The Morgan fingerprint density at radius 1 is 1.48 bits per heavy atom. The van der Waals surface area contributed by atoms with Gasteiger partial charge in [-0.15, -0.1) is 0 Å². The number of halogens is 1. The van der Waals surface area contributed by atoms with Crippen LogP contribution in [0, 0.1) is 0 Å². The Morgan fingerprint density at radius 2 is 2.14 bits per heavy atom. The number of carbonyl (C=O) groups excluding carboxylic acids is 1. The summed E-state index contributed by atoms with van der Waals surface area (Å²) in [5.74, 6) is 0.0668. The molecule has 7 heteroatoms. The van der Waals surface area contributed by atoms with Gasteiger partial charge >= 0.3 is 0 Å². The highest BCUT2D eigenvalue weighted by molar-refractivity contribution is 9.10. The zero-order valence-electron chi connectivity index (χ0n) is 12.4. The maximum Gasteiger partial charge on any atom is 0.283 e. The lowest BCUT2D eigenvalue weighted by Gasteiger charge is -2.22. The van der Waals surface area contributed by atoms with Gasteiger partial charge in [0, 0.05) is 19.6 Å². The molecule has 6 nitrogen and oxygen atoms in total. The van der Waals surface area contributed by atoms with Crippen LogP contribution in [0.2, 0.25) is 0 Å². The summed E-state index contributed by atoms with van der Waals surface area (Å²) in [5, 5.41) is 7.21. The zero-order valence-corrected chi connectivity index (χ0v) is 14.0. The summed E-state index contributed by atoms with van der Waals surface area (Å²) in [6.07, 6.45) is 4.57. The van der Waals surface area contributed by atoms with Crippen LogP contribution in [0.1, 0.15) is 33.1 Å². The summed E-state index contributed by atoms with van der Waals surface area (Å²) >= 11 is 3.30. The molecule has 116 valence electrons. The Hall–Kier alpha value is -1.37. The number of nitrogens with one attached hydrogen (secondary N) is 1. The lowest BCUT2D eigenvalue weighted by molar-refractivity contribution is -0.130. The second-order valence-electron chi connectivity index (χ2n) is 5.30. The highest BCUT2D eigenvalue weighted by Crippen LogP contribution is 2.18. The Bertz CT molecular complexity index is 567. The maximum absolute atomic E-state index is 12.3. The van der Waals surface area contributed by atoms with E-state index in [1.807, 2.05) is 18.7 Å². The first-order valence-corrected chi connectivity index (χ1v) is 8.14. The highest BCUT2D eigenvalue weighted by Gasteiger charge is 2.24. The third-order valence-electron chi connectivity index (χ3n) is 3.58. The molecule has 1 atom stereocenters. The van der Waals surface area contributed by atoms with Crippen LogP contribution in [0.4, 0.5) is 5.69 Å². The first-order chi connectivity index (χ1) is 10.0. The fraction of sp³-hybridized carbons (Fsp3) is 0.643. The van der Waals surface area contributed by atoms with Crippen LogP contribution >= 0.6 is 15.9 Å². The molecule has 21 heavy (non-hydrogen) atoms.